The molecule has 0 saturated carbocycles. The first kappa shape index (κ1) is 29.8. The standard InChI is InChI=1S/C47H32N6/c1-47(2)37-16-8-11-19-41(37)53(42-21-20-31(26-38(42)47)52-39-17-9-6-14-33(39)34-15-7-10-18-40(34)52)32-25-36-44-43(48-22-23-49-44)35-24-30(29-12-4-3-5-13-29)27-50-45(35)46(36)51-28-32/h3-28H,1-2H3. The molecule has 0 aliphatic carbocycles. The van der Waals surface area contributed by atoms with Crippen LogP contribution >= 0.6 is 0 Å². The number of nitrogens with zero attached hydrogens (tertiary/aromatic N) is 6. The molecule has 0 radical (unpaired) electrons. The number of aromatic nitrogens is 5. The van der Waals surface area contributed by atoms with E-state index in [-0.39, 0.29) is 5.41 Å². The van der Waals surface area contributed by atoms with E-state index in [1.165, 1.54) is 32.9 Å². The molecule has 0 fully saturated rings. The number of hydrogen-bond acceptors (Lipinski definition) is 5. The van der Waals surface area contributed by atoms with Crippen LogP contribution in [0.5, 0.6) is 0 Å². The van der Waals surface area contributed by atoms with Crippen LogP contribution in [0.2, 0.25) is 0 Å². The zero-order valence-corrected chi connectivity index (χ0v) is 29.2. The molecule has 53 heavy (non-hydrogen) atoms. The predicted octanol–water partition coefficient (Wildman–Crippen LogP) is 11.6. The van der Waals surface area contributed by atoms with Crippen molar-refractivity contribution in [2.24, 2.45) is 0 Å². The Morgan fingerprint density at radius 1 is 0.434 bits per heavy atom. The van der Waals surface area contributed by atoms with Crippen molar-refractivity contribution in [3.63, 3.8) is 0 Å². The topological polar surface area (TPSA) is 59.7 Å². The molecule has 0 unspecified atom stereocenters. The quantitative estimate of drug-likeness (QED) is 0.174. The summed E-state index contributed by atoms with van der Waals surface area (Å²) in [4.78, 5) is 22.3. The third kappa shape index (κ3) is 4.26. The zero-order valence-electron chi connectivity index (χ0n) is 29.2. The van der Waals surface area contributed by atoms with Crippen molar-refractivity contribution in [3.05, 3.63) is 169 Å². The van der Waals surface area contributed by atoms with E-state index in [2.05, 4.69) is 139 Å². The summed E-state index contributed by atoms with van der Waals surface area (Å²) in [5, 5.41) is 4.37. The van der Waals surface area contributed by atoms with Crippen LogP contribution in [0.15, 0.2) is 158 Å². The SMILES string of the molecule is CC1(C)c2ccccc2N(c2cnc3c(c2)c2nccnc2c2cc(-c4ccccc4)cnc23)c2ccc(-n3c4ccccc4c4ccccc43)cc21. The van der Waals surface area contributed by atoms with Gasteiger partial charge in [0.1, 0.15) is 0 Å². The molecule has 1 aliphatic rings. The van der Waals surface area contributed by atoms with Crippen LogP contribution in [0.1, 0.15) is 25.0 Å². The highest BCUT2D eigenvalue weighted by Crippen LogP contribution is 2.53. The molecular weight excluding hydrogens is 649 g/mol. The van der Waals surface area contributed by atoms with Crippen molar-refractivity contribution in [2.75, 3.05) is 4.90 Å². The minimum atomic E-state index is -0.268. The van der Waals surface area contributed by atoms with Gasteiger partial charge in [0.25, 0.3) is 0 Å². The Labute approximate surface area is 305 Å². The summed E-state index contributed by atoms with van der Waals surface area (Å²) < 4.78 is 2.40. The summed E-state index contributed by atoms with van der Waals surface area (Å²) >= 11 is 0. The Kier molecular flexibility index (Phi) is 6.20. The van der Waals surface area contributed by atoms with Crippen LogP contribution in [0.4, 0.5) is 17.1 Å². The molecule has 11 rings (SSSR count). The van der Waals surface area contributed by atoms with Crippen LogP contribution in [0, 0.1) is 0 Å². The van der Waals surface area contributed by atoms with Gasteiger partial charge in [0.15, 0.2) is 0 Å². The van der Waals surface area contributed by atoms with E-state index in [1.54, 1.807) is 12.4 Å². The number of hydrogen-bond donors (Lipinski definition) is 0. The monoisotopic (exact) mass is 680 g/mol. The number of para-hydroxylation sites is 3. The van der Waals surface area contributed by atoms with Gasteiger partial charge in [0.2, 0.25) is 0 Å². The highest BCUT2D eigenvalue weighted by Gasteiger charge is 2.37. The number of rotatable bonds is 3. The normalized spacial score (nSPS) is 13.6. The van der Waals surface area contributed by atoms with Crippen LogP contribution in [0.25, 0.3) is 71.5 Å². The van der Waals surface area contributed by atoms with Crippen molar-refractivity contribution in [2.45, 2.75) is 19.3 Å². The van der Waals surface area contributed by atoms with Gasteiger partial charge in [-0.3, -0.25) is 19.9 Å². The number of benzene rings is 6. The third-order valence-electron chi connectivity index (χ3n) is 11.1. The predicted molar refractivity (Wildman–Crippen MR) is 217 cm³/mol. The molecule has 0 atom stereocenters. The molecule has 0 bridgehead atoms. The van der Waals surface area contributed by atoms with Gasteiger partial charge >= 0.3 is 0 Å². The summed E-state index contributed by atoms with van der Waals surface area (Å²) in [6.07, 6.45) is 7.44. The Balaban J connectivity index is 1.14. The first-order chi connectivity index (χ1) is 26.1. The maximum atomic E-state index is 5.17. The summed E-state index contributed by atoms with van der Waals surface area (Å²) in [7, 11) is 0. The summed E-state index contributed by atoms with van der Waals surface area (Å²) in [6, 6.07) is 47.7. The minimum absolute atomic E-state index is 0.268. The first-order valence-electron chi connectivity index (χ1n) is 18.0. The average Bonchev–Trinajstić information content (AvgIpc) is 3.55. The van der Waals surface area contributed by atoms with Gasteiger partial charge in [-0.2, -0.15) is 0 Å². The maximum absolute atomic E-state index is 5.17. The fraction of sp³-hybridized carbons (Fsp3) is 0.0638. The summed E-state index contributed by atoms with van der Waals surface area (Å²) in [6.45, 7) is 4.67. The van der Waals surface area contributed by atoms with Crippen molar-refractivity contribution in [3.8, 4) is 16.8 Å². The van der Waals surface area contributed by atoms with Crippen molar-refractivity contribution < 1.29 is 0 Å². The molecule has 5 heterocycles. The van der Waals surface area contributed by atoms with Gasteiger partial charge in [-0.25, -0.2) is 0 Å². The van der Waals surface area contributed by atoms with Gasteiger partial charge in [-0.05, 0) is 65.2 Å². The molecule has 250 valence electrons. The molecule has 0 amide bonds. The second-order valence-electron chi connectivity index (χ2n) is 14.4. The molecule has 1 aliphatic heterocycles. The summed E-state index contributed by atoms with van der Waals surface area (Å²) in [5.41, 5.74) is 14.4. The minimum Gasteiger partial charge on any atom is -0.309 e. The molecule has 0 saturated heterocycles. The highest BCUT2D eigenvalue weighted by atomic mass is 15.2. The fourth-order valence-corrected chi connectivity index (χ4v) is 8.61. The molecule has 6 heteroatoms. The Bertz CT molecular complexity index is 3030. The Morgan fingerprint density at radius 3 is 1.75 bits per heavy atom. The number of fused-ring (bicyclic) bond motifs is 11. The van der Waals surface area contributed by atoms with Crippen LogP contribution in [-0.4, -0.2) is 24.5 Å². The number of anilines is 3. The average molecular weight is 681 g/mol. The Morgan fingerprint density at radius 2 is 1.02 bits per heavy atom. The smallest absolute Gasteiger partial charge is 0.0989 e. The maximum Gasteiger partial charge on any atom is 0.0989 e. The summed E-state index contributed by atoms with van der Waals surface area (Å²) in [5.74, 6) is 0. The van der Waals surface area contributed by atoms with E-state index in [0.717, 1.165) is 66.7 Å². The zero-order chi connectivity index (χ0) is 35.3. The van der Waals surface area contributed by atoms with Gasteiger partial charge in [0.05, 0.1) is 56.4 Å². The fourth-order valence-electron chi connectivity index (χ4n) is 8.61. The first-order valence-corrected chi connectivity index (χ1v) is 18.0. The molecule has 6 aromatic carbocycles. The van der Waals surface area contributed by atoms with Crippen molar-refractivity contribution in [1.82, 2.24) is 24.5 Å². The molecule has 0 N–H and O–H groups in total. The largest absolute Gasteiger partial charge is 0.309 e. The van der Waals surface area contributed by atoms with Crippen LogP contribution < -0.4 is 4.90 Å². The van der Waals surface area contributed by atoms with E-state index in [9.17, 15) is 0 Å². The van der Waals surface area contributed by atoms with Crippen molar-refractivity contribution >= 4 is 71.7 Å². The third-order valence-corrected chi connectivity index (χ3v) is 11.1. The molecular formula is C47H32N6. The lowest BCUT2D eigenvalue weighted by molar-refractivity contribution is 0.631. The van der Waals surface area contributed by atoms with E-state index < -0.39 is 0 Å². The molecule has 4 aromatic heterocycles. The van der Waals surface area contributed by atoms with E-state index >= 15 is 0 Å². The van der Waals surface area contributed by atoms with Gasteiger partial charge in [0, 0.05) is 56.8 Å². The Hall–Kier alpha value is -6.92. The van der Waals surface area contributed by atoms with Gasteiger partial charge < -0.3 is 9.47 Å². The molecule has 6 nitrogen and oxygen atoms in total. The van der Waals surface area contributed by atoms with Crippen molar-refractivity contribution in [1.29, 1.82) is 0 Å². The van der Waals surface area contributed by atoms with Crippen LogP contribution in [0.3, 0.4) is 0 Å². The lowest BCUT2D eigenvalue weighted by atomic mass is 9.73. The molecule has 10 aromatic rings. The van der Waals surface area contributed by atoms with Gasteiger partial charge in [-0.15, -0.1) is 0 Å². The lowest BCUT2D eigenvalue weighted by Crippen LogP contribution is -2.30. The second-order valence-corrected chi connectivity index (χ2v) is 14.4. The van der Waals surface area contributed by atoms with E-state index in [0.29, 0.717) is 0 Å². The van der Waals surface area contributed by atoms with E-state index in [1.807, 2.05) is 30.6 Å². The van der Waals surface area contributed by atoms with E-state index in [4.69, 9.17) is 19.9 Å². The van der Waals surface area contributed by atoms with Crippen LogP contribution in [-0.2, 0) is 5.41 Å². The number of pyridine rings is 2. The molecule has 0 spiro atoms. The van der Waals surface area contributed by atoms with Gasteiger partial charge in [-0.1, -0.05) is 98.8 Å². The second kappa shape index (κ2) is 11.0. The lowest BCUT2D eigenvalue weighted by Gasteiger charge is -2.42. The highest BCUT2D eigenvalue weighted by molar-refractivity contribution is 6.21.